The Hall–Kier alpha value is -0.500. The lowest BCUT2D eigenvalue weighted by Gasteiger charge is -2.34. The number of alkyl halides is 1. The van der Waals surface area contributed by atoms with E-state index in [2.05, 4.69) is 6.08 Å². The maximum absolute atomic E-state index is 10.9. The fourth-order valence-corrected chi connectivity index (χ4v) is 2.08. The quantitative estimate of drug-likeness (QED) is 0.413. The molecule has 0 spiro atoms. The topological polar surface area (TPSA) is 26.3 Å². The van der Waals surface area contributed by atoms with Crippen molar-refractivity contribution >= 4 is 17.6 Å². The first kappa shape index (κ1) is 12.6. The molecule has 0 aromatic carbocycles. The van der Waals surface area contributed by atoms with Crippen molar-refractivity contribution in [3.63, 3.8) is 0 Å². The lowest BCUT2D eigenvalue weighted by atomic mass is 9.80. The number of hydrogen-bond acceptors (Lipinski definition) is 2. The Morgan fingerprint density at radius 1 is 1.60 bits per heavy atom. The molecule has 2 nitrogen and oxygen atoms in total. The number of hydrogen-bond donors (Lipinski definition) is 0. The predicted molar refractivity (Wildman–Crippen MR) is 62.0 cm³/mol. The summed E-state index contributed by atoms with van der Waals surface area (Å²) in [5, 5.41) is 0. The van der Waals surface area contributed by atoms with Crippen molar-refractivity contribution in [1.29, 1.82) is 0 Å². The first-order valence-electron chi connectivity index (χ1n) is 5.33. The average molecular weight is 231 g/mol. The Morgan fingerprint density at radius 3 is 2.67 bits per heavy atom. The molecule has 0 N–H and O–H groups in total. The van der Waals surface area contributed by atoms with Gasteiger partial charge in [-0.2, -0.15) is 0 Å². The molecule has 1 aliphatic carbocycles. The Morgan fingerprint density at radius 2 is 2.20 bits per heavy atom. The fraction of sp³-hybridized carbons (Fsp3) is 0.750. The molecular weight excluding hydrogens is 212 g/mol. The number of allylic oxidation sites excluding steroid dienone is 1. The zero-order valence-electron chi connectivity index (χ0n) is 9.84. The second-order valence-corrected chi connectivity index (χ2v) is 5.75. The molecule has 0 aliphatic heterocycles. The number of esters is 1. The summed E-state index contributed by atoms with van der Waals surface area (Å²) < 4.78 is 5.26. The van der Waals surface area contributed by atoms with Gasteiger partial charge in [0.25, 0.3) is 0 Å². The maximum Gasteiger partial charge on any atom is 0.303 e. The summed E-state index contributed by atoms with van der Waals surface area (Å²) in [7, 11) is 0. The molecule has 0 aromatic heterocycles. The zero-order valence-corrected chi connectivity index (χ0v) is 10.6. The molecule has 3 heteroatoms. The van der Waals surface area contributed by atoms with E-state index in [1.54, 1.807) is 0 Å². The number of ether oxygens (including phenoxy) is 1. The molecule has 0 heterocycles. The van der Waals surface area contributed by atoms with Crippen LogP contribution in [0, 0.1) is 5.92 Å². The molecule has 0 saturated heterocycles. The normalized spacial score (nSPS) is 27.1. The largest absolute Gasteiger partial charge is 0.458 e. The SMILES string of the molecule is CC(=O)O[C@@H]1C[C@H](C(C)(C)Cl)CC=C1C. The minimum Gasteiger partial charge on any atom is -0.458 e. The van der Waals surface area contributed by atoms with Crippen LogP contribution in [0.2, 0.25) is 0 Å². The van der Waals surface area contributed by atoms with Gasteiger partial charge in [-0.1, -0.05) is 6.08 Å². The van der Waals surface area contributed by atoms with E-state index in [1.807, 2.05) is 20.8 Å². The molecular formula is C12H19ClO2. The van der Waals surface area contributed by atoms with Crippen molar-refractivity contribution in [1.82, 2.24) is 0 Å². The van der Waals surface area contributed by atoms with Crippen LogP contribution in [-0.4, -0.2) is 16.9 Å². The molecule has 15 heavy (non-hydrogen) atoms. The molecule has 0 fully saturated rings. The van der Waals surface area contributed by atoms with Gasteiger partial charge in [-0.15, -0.1) is 11.6 Å². The van der Waals surface area contributed by atoms with Crippen molar-refractivity contribution in [2.75, 3.05) is 0 Å². The van der Waals surface area contributed by atoms with Crippen molar-refractivity contribution < 1.29 is 9.53 Å². The third-order valence-corrected chi connectivity index (χ3v) is 3.32. The van der Waals surface area contributed by atoms with E-state index in [4.69, 9.17) is 16.3 Å². The van der Waals surface area contributed by atoms with Crippen molar-refractivity contribution in [3.05, 3.63) is 11.6 Å². The maximum atomic E-state index is 10.9. The third kappa shape index (κ3) is 3.53. The van der Waals surface area contributed by atoms with Gasteiger partial charge in [0.05, 0.1) is 0 Å². The van der Waals surface area contributed by atoms with Crippen LogP contribution >= 0.6 is 11.6 Å². The lowest BCUT2D eigenvalue weighted by Crippen LogP contribution is -2.33. The first-order valence-corrected chi connectivity index (χ1v) is 5.71. The van der Waals surface area contributed by atoms with Gasteiger partial charge in [-0.25, -0.2) is 0 Å². The zero-order chi connectivity index (χ0) is 11.6. The van der Waals surface area contributed by atoms with E-state index in [0.717, 1.165) is 18.4 Å². The van der Waals surface area contributed by atoms with Gasteiger partial charge < -0.3 is 4.74 Å². The molecule has 86 valence electrons. The van der Waals surface area contributed by atoms with Crippen LogP contribution < -0.4 is 0 Å². The van der Waals surface area contributed by atoms with Crippen molar-refractivity contribution in [3.8, 4) is 0 Å². The standard InChI is InChI=1S/C12H19ClO2/c1-8-5-6-10(12(3,4)13)7-11(8)15-9(2)14/h5,10-11H,6-7H2,1-4H3/t10-,11-/m1/s1. The van der Waals surface area contributed by atoms with Crippen LogP contribution in [0.4, 0.5) is 0 Å². The molecule has 0 radical (unpaired) electrons. The van der Waals surface area contributed by atoms with E-state index in [1.165, 1.54) is 6.92 Å². The first-order chi connectivity index (χ1) is 6.80. The van der Waals surface area contributed by atoms with Crippen LogP contribution in [-0.2, 0) is 9.53 Å². The predicted octanol–water partition coefficient (Wildman–Crippen LogP) is 3.29. The van der Waals surface area contributed by atoms with Gasteiger partial charge in [0.15, 0.2) is 0 Å². The van der Waals surface area contributed by atoms with Gasteiger partial charge in [0.2, 0.25) is 0 Å². The molecule has 2 atom stereocenters. The summed E-state index contributed by atoms with van der Waals surface area (Å²) >= 11 is 6.29. The van der Waals surface area contributed by atoms with Gasteiger partial charge in [0, 0.05) is 11.8 Å². The van der Waals surface area contributed by atoms with Crippen LogP contribution in [0.15, 0.2) is 11.6 Å². The number of rotatable bonds is 2. The van der Waals surface area contributed by atoms with Gasteiger partial charge in [-0.3, -0.25) is 4.79 Å². The van der Waals surface area contributed by atoms with Crippen LogP contribution in [0.3, 0.4) is 0 Å². The summed E-state index contributed by atoms with van der Waals surface area (Å²) in [6.45, 7) is 7.48. The second kappa shape index (κ2) is 4.56. The van der Waals surface area contributed by atoms with Crippen LogP contribution in [0.25, 0.3) is 0 Å². The molecule has 0 aromatic rings. The third-order valence-electron chi connectivity index (χ3n) is 3.01. The fourth-order valence-electron chi connectivity index (χ4n) is 1.90. The Labute approximate surface area is 96.6 Å². The number of carbonyl (C=O) groups excluding carboxylic acids is 1. The highest BCUT2D eigenvalue weighted by molar-refractivity contribution is 6.23. The van der Waals surface area contributed by atoms with E-state index in [9.17, 15) is 4.79 Å². The van der Waals surface area contributed by atoms with Gasteiger partial charge in [0.1, 0.15) is 6.10 Å². The van der Waals surface area contributed by atoms with Gasteiger partial charge in [-0.05, 0) is 45.1 Å². The van der Waals surface area contributed by atoms with E-state index >= 15 is 0 Å². The van der Waals surface area contributed by atoms with Crippen LogP contribution in [0.1, 0.15) is 40.5 Å². The lowest BCUT2D eigenvalue weighted by molar-refractivity contribution is -0.145. The molecule has 0 saturated carbocycles. The van der Waals surface area contributed by atoms with E-state index in [-0.39, 0.29) is 16.9 Å². The Balaban J connectivity index is 2.70. The Kier molecular flexibility index (Phi) is 3.82. The summed E-state index contributed by atoms with van der Waals surface area (Å²) in [6.07, 6.45) is 3.85. The summed E-state index contributed by atoms with van der Waals surface area (Å²) in [6, 6.07) is 0. The van der Waals surface area contributed by atoms with E-state index < -0.39 is 0 Å². The van der Waals surface area contributed by atoms with Crippen molar-refractivity contribution in [2.45, 2.75) is 51.5 Å². The number of carbonyl (C=O) groups is 1. The minimum atomic E-state index is -0.240. The van der Waals surface area contributed by atoms with Crippen molar-refractivity contribution in [2.24, 2.45) is 5.92 Å². The molecule has 1 aliphatic rings. The van der Waals surface area contributed by atoms with Crippen LogP contribution in [0.5, 0.6) is 0 Å². The molecule has 0 unspecified atom stereocenters. The minimum absolute atomic E-state index is 0.0840. The van der Waals surface area contributed by atoms with Gasteiger partial charge >= 0.3 is 5.97 Å². The second-order valence-electron chi connectivity index (χ2n) is 4.78. The summed E-state index contributed by atoms with van der Waals surface area (Å²) in [5.74, 6) is 0.146. The molecule has 1 rings (SSSR count). The highest BCUT2D eigenvalue weighted by atomic mass is 35.5. The molecule has 0 amide bonds. The highest BCUT2D eigenvalue weighted by Crippen LogP contribution is 2.36. The average Bonchev–Trinajstić information content (AvgIpc) is 2.06. The summed E-state index contributed by atoms with van der Waals surface area (Å²) in [4.78, 5) is 10.7. The smallest absolute Gasteiger partial charge is 0.303 e. The highest BCUT2D eigenvalue weighted by Gasteiger charge is 2.33. The number of halogens is 1. The monoisotopic (exact) mass is 230 g/mol. The molecule has 0 bridgehead atoms. The summed E-state index contributed by atoms with van der Waals surface area (Å²) in [5.41, 5.74) is 1.14. The van der Waals surface area contributed by atoms with E-state index in [0.29, 0.717) is 5.92 Å². The Bertz CT molecular complexity index is 276.